The van der Waals surface area contributed by atoms with E-state index >= 15 is 0 Å². The molecule has 3 aromatic carbocycles. The van der Waals surface area contributed by atoms with Crippen molar-refractivity contribution in [3.05, 3.63) is 78.4 Å². The van der Waals surface area contributed by atoms with Gasteiger partial charge in [0.1, 0.15) is 6.04 Å². The molecule has 3 fully saturated rings. The van der Waals surface area contributed by atoms with E-state index in [0.29, 0.717) is 18.8 Å². The second-order valence-electron chi connectivity index (χ2n) is 11.5. The van der Waals surface area contributed by atoms with Gasteiger partial charge in [-0.3, -0.25) is 14.4 Å². The summed E-state index contributed by atoms with van der Waals surface area (Å²) in [5, 5.41) is 17.6. The summed E-state index contributed by atoms with van der Waals surface area (Å²) in [6.45, 7) is 1.05. The smallest absolute Gasteiger partial charge is 0.248 e. The molecule has 0 saturated carbocycles. The fourth-order valence-corrected chi connectivity index (χ4v) is 9.34. The van der Waals surface area contributed by atoms with Gasteiger partial charge in [-0.15, -0.1) is 11.8 Å². The van der Waals surface area contributed by atoms with Crippen LogP contribution in [0.3, 0.4) is 0 Å². The molecule has 6 rings (SSSR count). The Bertz CT molecular complexity index is 1430. The van der Waals surface area contributed by atoms with Crippen molar-refractivity contribution >= 4 is 45.9 Å². The molecular weight excluding hydrogens is 534 g/mol. The average Bonchev–Trinajstić information content (AvgIpc) is 3.63. The van der Waals surface area contributed by atoms with Crippen molar-refractivity contribution in [2.24, 2.45) is 11.8 Å². The number of unbranched alkanes of at least 4 members (excludes halogenated alkanes) is 3. The van der Waals surface area contributed by atoms with Gasteiger partial charge in [-0.25, -0.2) is 0 Å². The molecule has 41 heavy (non-hydrogen) atoms. The number of fused-ring (bicyclic) bond motifs is 2. The van der Waals surface area contributed by atoms with E-state index in [1.165, 1.54) is 0 Å². The number of carbonyl (C=O) groups is 3. The summed E-state index contributed by atoms with van der Waals surface area (Å²) in [5.41, 5.74) is 1.72. The Labute approximate surface area is 245 Å². The van der Waals surface area contributed by atoms with Crippen LogP contribution < -0.4 is 10.6 Å². The van der Waals surface area contributed by atoms with Crippen molar-refractivity contribution in [3.8, 4) is 0 Å². The highest BCUT2D eigenvalue weighted by atomic mass is 32.2. The molecule has 3 amide bonds. The highest BCUT2D eigenvalue weighted by Gasteiger charge is 2.73. The molecule has 214 valence electrons. The minimum Gasteiger partial charge on any atom is -0.396 e. The number of thioether (sulfide) groups is 1. The van der Waals surface area contributed by atoms with E-state index in [1.54, 1.807) is 16.7 Å². The zero-order valence-electron chi connectivity index (χ0n) is 23.1. The molecule has 2 bridgehead atoms. The minimum atomic E-state index is -0.633. The number of anilines is 1. The molecule has 1 spiro atoms. The predicted molar refractivity (Wildman–Crippen MR) is 162 cm³/mol. The van der Waals surface area contributed by atoms with E-state index in [2.05, 4.69) is 10.6 Å². The standard InChI is InChI=1S/C33H37N3O4S/c37-19-9-2-1-8-18-36-29(31(39)35-25-15-14-23-12-6-7-13-24(23)20-25)33-17-16-26(41-33)27(28(33)32(36)40)30(38)34-21-22-10-4-3-5-11-22/h3-7,10-15,20,26-29,37H,1-2,8-9,16-19,21H2,(H,34,38)(H,35,39)/t26-,27+,28-,29?,33?/m0/s1. The first-order chi connectivity index (χ1) is 20.0. The lowest BCUT2D eigenvalue weighted by molar-refractivity contribution is -0.139. The third kappa shape index (κ3) is 5.24. The number of likely N-dealkylation sites (tertiary alicyclic amines) is 1. The number of amides is 3. The van der Waals surface area contributed by atoms with E-state index < -0.39 is 22.6 Å². The second-order valence-corrected chi connectivity index (χ2v) is 13.1. The van der Waals surface area contributed by atoms with Crippen molar-refractivity contribution in [2.45, 2.75) is 61.1 Å². The number of rotatable bonds is 11. The normalized spacial score (nSPS) is 26.4. The van der Waals surface area contributed by atoms with Gasteiger partial charge in [-0.2, -0.15) is 0 Å². The van der Waals surface area contributed by atoms with Crippen LogP contribution in [0.4, 0.5) is 5.69 Å². The van der Waals surface area contributed by atoms with E-state index in [4.69, 9.17) is 5.11 Å². The Morgan fingerprint density at radius 3 is 2.49 bits per heavy atom. The van der Waals surface area contributed by atoms with Crippen LogP contribution in [0.2, 0.25) is 0 Å². The number of nitrogens with zero attached hydrogens (tertiary/aromatic N) is 1. The summed E-state index contributed by atoms with van der Waals surface area (Å²) < 4.78 is -0.609. The van der Waals surface area contributed by atoms with Gasteiger partial charge in [-0.1, -0.05) is 73.5 Å². The number of carbonyl (C=O) groups excluding carboxylic acids is 3. The first-order valence-corrected chi connectivity index (χ1v) is 15.6. The summed E-state index contributed by atoms with van der Waals surface area (Å²) in [5.74, 6) is -1.29. The van der Waals surface area contributed by atoms with Gasteiger partial charge in [0.15, 0.2) is 0 Å². The third-order valence-corrected chi connectivity index (χ3v) is 10.9. The molecule has 3 N–H and O–H groups in total. The fraction of sp³-hybridized carbons (Fsp3) is 0.424. The Morgan fingerprint density at radius 2 is 1.68 bits per heavy atom. The number of hydrogen-bond donors (Lipinski definition) is 3. The van der Waals surface area contributed by atoms with Crippen LogP contribution in [0.25, 0.3) is 10.8 Å². The van der Waals surface area contributed by atoms with Gasteiger partial charge in [0.05, 0.1) is 16.6 Å². The maximum Gasteiger partial charge on any atom is 0.248 e. The van der Waals surface area contributed by atoms with Gasteiger partial charge < -0.3 is 20.6 Å². The predicted octanol–water partition coefficient (Wildman–Crippen LogP) is 4.74. The van der Waals surface area contributed by atoms with Crippen molar-refractivity contribution < 1.29 is 19.5 Å². The number of benzene rings is 3. The molecule has 7 nitrogen and oxygen atoms in total. The largest absolute Gasteiger partial charge is 0.396 e. The van der Waals surface area contributed by atoms with Gasteiger partial charge in [0.2, 0.25) is 17.7 Å². The summed E-state index contributed by atoms with van der Waals surface area (Å²) in [6, 6.07) is 23.0. The van der Waals surface area contributed by atoms with Crippen LogP contribution in [0, 0.1) is 11.8 Å². The molecule has 0 aliphatic carbocycles. The Kier molecular flexibility index (Phi) is 8.04. The molecular formula is C33H37N3O4S. The number of nitrogens with one attached hydrogen (secondary N) is 2. The van der Waals surface area contributed by atoms with E-state index in [9.17, 15) is 14.4 Å². The summed E-state index contributed by atoms with van der Waals surface area (Å²) in [7, 11) is 0. The fourth-order valence-electron chi connectivity index (χ4n) is 7.12. The number of aliphatic hydroxyl groups excluding tert-OH is 1. The highest BCUT2D eigenvalue weighted by Crippen LogP contribution is 2.66. The minimum absolute atomic E-state index is 0.0300. The topological polar surface area (TPSA) is 98.7 Å². The first kappa shape index (κ1) is 27.8. The van der Waals surface area contributed by atoms with Crippen LogP contribution in [0.15, 0.2) is 72.8 Å². The quantitative estimate of drug-likeness (QED) is 0.289. The average molecular weight is 572 g/mol. The third-order valence-electron chi connectivity index (χ3n) is 8.98. The van der Waals surface area contributed by atoms with Crippen molar-refractivity contribution in [1.82, 2.24) is 10.2 Å². The van der Waals surface area contributed by atoms with E-state index in [1.807, 2.05) is 72.8 Å². The summed E-state index contributed by atoms with van der Waals surface area (Å²) in [6.07, 6.45) is 4.81. The zero-order chi connectivity index (χ0) is 28.4. The molecule has 3 saturated heterocycles. The Balaban J connectivity index is 1.25. The lowest BCUT2D eigenvalue weighted by Gasteiger charge is -2.34. The van der Waals surface area contributed by atoms with Crippen LogP contribution in [-0.4, -0.2) is 56.9 Å². The van der Waals surface area contributed by atoms with Gasteiger partial charge >= 0.3 is 0 Å². The number of aliphatic hydroxyl groups is 1. The second kappa shape index (κ2) is 11.9. The van der Waals surface area contributed by atoms with Crippen molar-refractivity contribution in [1.29, 1.82) is 0 Å². The maximum absolute atomic E-state index is 14.1. The molecule has 0 aromatic heterocycles. The lowest BCUT2D eigenvalue weighted by atomic mass is 9.70. The molecule has 3 aliphatic rings. The van der Waals surface area contributed by atoms with Gasteiger partial charge in [0, 0.05) is 30.6 Å². The number of hydrogen-bond acceptors (Lipinski definition) is 5. The first-order valence-electron chi connectivity index (χ1n) is 14.7. The van der Waals surface area contributed by atoms with Crippen LogP contribution in [0.5, 0.6) is 0 Å². The summed E-state index contributed by atoms with van der Waals surface area (Å²) >= 11 is 1.69. The SMILES string of the molecule is O=C(Nc1ccc2ccccc2c1)C1N(CCCCCCO)C(=O)[C@@H]2[C@H](C(=O)NCc3ccccc3)[C@@H]3CCC12S3. The molecule has 8 heteroatoms. The molecule has 3 aromatic rings. The Morgan fingerprint density at radius 1 is 0.927 bits per heavy atom. The molecule has 5 atom stereocenters. The monoisotopic (exact) mass is 571 g/mol. The molecule has 2 unspecified atom stereocenters. The maximum atomic E-state index is 14.1. The highest BCUT2D eigenvalue weighted by molar-refractivity contribution is 8.02. The lowest BCUT2D eigenvalue weighted by Crippen LogP contribution is -2.51. The molecule has 0 radical (unpaired) electrons. The molecule has 3 aliphatic heterocycles. The van der Waals surface area contributed by atoms with Crippen molar-refractivity contribution in [3.63, 3.8) is 0 Å². The van der Waals surface area contributed by atoms with Gasteiger partial charge in [0.25, 0.3) is 0 Å². The van der Waals surface area contributed by atoms with Crippen LogP contribution in [-0.2, 0) is 20.9 Å². The Hall–Kier alpha value is -3.36. The van der Waals surface area contributed by atoms with E-state index in [0.717, 1.165) is 54.9 Å². The van der Waals surface area contributed by atoms with Crippen LogP contribution >= 0.6 is 11.8 Å². The van der Waals surface area contributed by atoms with E-state index in [-0.39, 0.29) is 29.6 Å². The van der Waals surface area contributed by atoms with Crippen molar-refractivity contribution in [2.75, 3.05) is 18.5 Å². The molecule has 3 heterocycles. The van der Waals surface area contributed by atoms with Crippen LogP contribution in [0.1, 0.15) is 44.1 Å². The zero-order valence-corrected chi connectivity index (χ0v) is 23.9. The summed E-state index contributed by atoms with van der Waals surface area (Å²) in [4.78, 5) is 43.6. The van der Waals surface area contributed by atoms with Gasteiger partial charge in [-0.05, 0) is 54.2 Å².